The second-order valence-corrected chi connectivity index (χ2v) is 5.08. The van der Waals surface area contributed by atoms with E-state index in [0.29, 0.717) is 30.1 Å². The number of carboxylic acid groups (broad SMARTS) is 1. The molecule has 20 heavy (non-hydrogen) atoms. The number of carbonyl (C=O) groups is 2. The third kappa shape index (κ3) is 5.09. The number of amides is 2. The molecule has 1 aromatic rings. The van der Waals surface area contributed by atoms with Crippen LogP contribution in [0.3, 0.4) is 0 Å². The second-order valence-electron chi connectivity index (χ2n) is 4.67. The van der Waals surface area contributed by atoms with Crippen LogP contribution in [0.2, 0.25) is 5.02 Å². The van der Waals surface area contributed by atoms with Crippen molar-refractivity contribution in [2.75, 3.05) is 11.9 Å². The molecule has 0 fully saturated rings. The maximum absolute atomic E-state index is 11.7. The van der Waals surface area contributed by atoms with Crippen LogP contribution in [0.25, 0.3) is 0 Å². The lowest BCUT2D eigenvalue weighted by Gasteiger charge is -2.11. The van der Waals surface area contributed by atoms with Gasteiger partial charge in [-0.1, -0.05) is 24.6 Å². The van der Waals surface area contributed by atoms with E-state index in [1.54, 1.807) is 25.1 Å². The van der Waals surface area contributed by atoms with Gasteiger partial charge in [-0.3, -0.25) is 4.79 Å². The van der Waals surface area contributed by atoms with Gasteiger partial charge >= 0.3 is 12.0 Å². The highest BCUT2D eigenvalue weighted by Crippen LogP contribution is 2.22. The van der Waals surface area contributed by atoms with Crippen LogP contribution in [0.1, 0.15) is 25.3 Å². The fraction of sp³-hybridized carbons (Fsp3) is 0.429. The predicted octanol–water partition coefficient (Wildman–Crippen LogP) is 3.27. The maximum Gasteiger partial charge on any atom is 0.319 e. The van der Waals surface area contributed by atoms with Crippen LogP contribution in [-0.2, 0) is 4.79 Å². The van der Waals surface area contributed by atoms with E-state index >= 15 is 0 Å². The molecule has 3 N–H and O–H groups in total. The normalized spacial score (nSPS) is 11.8. The monoisotopic (exact) mass is 298 g/mol. The van der Waals surface area contributed by atoms with Gasteiger partial charge in [-0.2, -0.15) is 0 Å². The number of aliphatic carboxylic acids is 1. The Morgan fingerprint density at radius 1 is 1.40 bits per heavy atom. The quantitative estimate of drug-likeness (QED) is 0.705. The Labute approximate surface area is 123 Å². The third-order valence-corrected chi connectivity index (χ3v) is 3.45. The zero-order chi connectivity index (χ0) is 15.1. The first-order valence-corrected chi connectivity index (χ1v) is 6.82. The number of carbonyl (C=O) groups excluding carboxylic acids is 1. The summed E-state index contributed by atoms with van der Waals surface area (Å²) in [6, 6.07) is 4.97. The number of rotatable bonds is 6. The molecular weight excluding hydrogens is 280 g/mol. The maximum atomic E-state index is 11.7. The lowest BCUT2D eigenvalue weighted by molar-refractivity contribution is -0.141. The van der Waals surface area contributed by atoms with Gasteiger partial charge in [0.2, 0.25) is 0 Å². The summed E-state index contributed by atoms with van der Waals surface area (Å²) in [5.74, 6) is -1.21. The van der Waals surface area contributed by atoms with Crippen LogP contribution in [0.5, 0.6) is 0 Å². The molecule has 0 bridgehead atoms. The van der Waals surface area contributed by atoms with E-state index in [4.69, 9.17) is 16.7 Å². The Hall–Kier alpha value is -1.75. The molecule has 0 radical (unpaired) electrons. The summed E-state index contributed by atoms with van der Waals surface area (Å²) in [6.45, 7) is 3.91. The highest BCUT2D eigenvalue weighted by atomic mass is 35.5. The van der Waals surface area contributed by atoms with Gasteiger partial charge in [0.05, 0.1) is 5.92 Å². The molecule has 1 rings (SSSR count). The van der Waals surface area contributed by atoms with Gasteiger partial charge in [-0.25, -0.2) is 4.79 Å². The van der Waals surface area contributed by atoms with Gasteiger partial charge in [-0.05, 0) is 37.5 Å². The summed E-state index contributed by atoms with van der Waals surface area (Å²) in [4.78, 5) is 22.3. The molecule has 110 valence electrons. The molecule has 5 nitrogen and oxygen atoms in total. The van der Waals surface area contributed by atoms with Gasteiger partial charge in [0.15, 0.2) is 0 Å². The molecule has 0 aliphatic rings. The molecule has 0 saturated heterocycles. The number of urea groups is 1. The average molecular weight is 299 g/mol. The second kappa shape index (κ2) is 7.75. The number of halogens is 1. The van der Waals surface area contributed by atoms with Crippen molar-refractivity contribution in [3.05, 3.63) is 28.8 Å². The van der Waals surface area contributed by atoms with Crippen LogP contribution in [0, 0.1) is 12.8 Å². The van der Waals surface area contributed by atoms with Crippen molar-refractivity contribution in [3.8, 4) is 0 Å². The molecule has 6 heteroatoms. The van der Waals surface area contributed by atoms with Crippen LogP contribution < -0.4 is 10.6 Å². The SMILES string of the molecule is Cc1c(Cl)cccc1NC(=O)NCCCC(C)C(=O)O. The summed E-state index contributed by atoms with van der Waals surface area (Å²) in [5, 5.41) is 14.7. The third-order valence-electron chi connectivity index (χ3n) is 3.04. The number of hydrogen-bond donors (Lipinski definition) is 3. The summed E-state index contributed by atoms with van der Waals surface area (Å²) in [7, 11) is 0. The van der Waals surface area contributed by atoms with Crippen LogP contribution in [0.15, 0.2) is 18.2 Å². The van der Waals surface area contributed by atoms with Crippen molar-refractivity contribution in [2.45, 2.75) is 26.7 Å². The van der Waals surface area contributed by atoms with Gasteiger partial charge in [0, 0.05) is 17.3 Å². The fourth-order valence-electron chi connectivity index (χ4n) is 1.64. The smallest absolute Gasteiger partial charge is 0.319 e. The number of anilines is 1. The molecule has 0 saturated carbocycles. The largest absolute Gasteiger partial charge is 0.481 e. The summed E-state index contributed by atoms with van der Waals surface area (Å²) in [6.07, 6.45) is 1.15. The van der Waals surface area contributed by atoms with E-state index < -0.39 is 11.9 Å². The van der Waals surface area contributed by atoms with Crippen LogP contribution in [-0.4, -0.2) is 23.7 Å². The lowest BCUT2D eigenvalue weighted by atomic mass is 10.1. The first kappa shape index (κ1) is 16.3. The summed E-state index contributed by atoms with van der Waals surface area (Å²) in [5.41, 5.74) is 1.47. The van der Waals surface area contributed by atoms with E-state index in [1.807, 2.05) is 6.92 Å². The van der Waals surface area contributed by atoms with Crippen LogP contribution >= 0.6 is 11.6 Å². The van der Waals surface area contributed by atoms with E-state index in [1.165, 1.54) is 0 Å². The first-order chi connectivity index (χ1) is 9.41. The van der Waals surface area contributed by atoms with E-state index in [-0.39, 0.29) is 6.03 Å². The Morgan fingerprint density at radius 2 is 2.10 bits per heavy atom. The average Bonchev–Trinajstić information content (AvgIpc) is 2.39. The van der Waals surface area contributed by atoms with Crippen molar-refractivity contribution in [2.24, 2.45) is 5.92 Å². The van der Waals surface area contributed by atoms with Crippen molar-refractivity contribution in [1.29, 1.82) is 0 Å². The zero-order valence-electron chi connectivity index (χ0n) is 11.6. The Bertz CT molecular complexity index is 491. The first-order valence-electron chi connectivity index (χ1n) is 6.44. The topological polar surface area (TPSA) is 78.4 Å². The van der Waals surface area contributed by atoms with Gasteiger partial charge in [0.25, 0.3) is 0 Å². The Morgan fingerprint density at radius 3 is 2.75 bits per heavy atom. The minimum absolute atomic E-state index is 0.321. The highest BCUT2D eigenvalue weighted by Gasteiger charge is 2.10. The minimum Gasteiger partial charge on any atom is -0.481 e. The molecule has 1 aromatic carbocycles. The molecule has 0 aromatic heterocycles. The number of nitrogens with one attached hydrogen (secondary N) is 2. The van der Waals surface area contributed by atoms with Crippen molar-refractivity contribution in [3.63, 3.8) is 0 Å². The molecule has 0 aliphatic heterocycles. The van der Waals surface area contributed by atoms with Crippen molar-refractivity contribution in [1.82, 2.24) is 5.32 Å². The van der Waals surface area contributed by atoms with E-state index in [2.05, 4.69) is 10.6 Å². The van der Waals surface area contributed by atoms with Crippen molar-refractivity contribution < 1.29 is 14.7 Å². The van der Waals surface area contributed by atoms with Crippen LogP contribution in [0.4, 0.5) is 10.5 Å². The molecule has 1 unspecified atom stereocenters. The summed E-state index contributed by atoms with van der Waals surface area (Å²) >= 11 is 5.96. The summed E-state index contributed by atoms with van der Waals surface area (Å²) < 4.78 is 0. The predicted molar refractivity (Wildman–Crippen MR) is 79.2 cm³/mol. The molecule has 0 spiro atoms. The lowest BCUT2D eigenvalue weighted by Crippen LogP contribution is -2.30. The minimum atomic E-state index is -0.816. The molecule has 0 heterocycles. The van der Waals surface area contributed by atoms with E-state index in [0.717, 1.165) is 5.56 Å². The Kier molecular flexibility index (Phi) is 6.31. The Balaban J connectivity index is 2.34. The molecular formula is C14H19ClN2O3. The molecule has 2 amide bonds. The standard InChI is InChI=1S/C14H19ClN2O3/c1-9(13(18)19)5-4-8-16-14(20)17-12-7-3-6-11(15)10(12)2/h3,6-7,9H,4-5,8H2,1-2H3,(H,18,19)(H2,16,17,20). The molecule has 0 aliphatic carbocycles. The number of carboxylic acids is 1. The highest BCUT2D eigenvalue weighted by molar-refractivity contribution is 6.31. The van der Waals surface area contributed by atoms with Gasteiger partial charge in [-0.15, -0.1) is 0 Å². The van der Waals surface area contributed by atoms with E-state index in [9.17, 15) is 9.59 Å². The molecule has 1 atom stereocenters. The number of benzene rings is 1. The van der Waals surface area contributed by atoms with Crippen molar-refractivity contribution >= 4 is 29.3 Å². The van der Waals surface area contributed by atoms with Gasteiger partial charge in [0.1, 0.15) is 0 Å². The fourth-order valence-corrected chi connectivity index (χ4v) is 1.82. The van der Waals surface area contributed by atoms with Gasteiger partial charge < -0.3 is 15.7 Å². The number of hydrogen-bond acceptors (Lipinski definition) is 2. The zero-order valence-corrected chi connectivity index (χ0v) is 12.3.